The summed E-state index contributed by atoms with van der Waals surface area (Å²) >= 11 is 3.07. The number of fused-ring (bicyclic) bond motifs is 2. The highest BCUT2D eigenvalue weighted by atomic mass is 79.9. The van der Waals surface area contributed by atoms with E-state index in [2.05, 4.69) is 20.9 Å². The lowest BCUT2D eigenvalue weighted by atomic mass is 9.98. The number of benzene rings is 1. The highest BCUT2D eigenvalue weighted by molar-refractivity contribution is 9.10. The van der Waals surface area contributed by atoms with Crippen LogP contribution in [0.2, 0.25) is 0 Å². The third-order valence-electron chi connectivity index (χ3n) is 3.16. The lowest BCUT2D eigenvalue weighted by Crippen LogP contribution is -2.17. The number of halogens is 2. The van der Waals surface area contributed by atoms with Crippen LogP contribution in [-0.2, 0) is 17.8 Å². The van der Waals surface area contributed by atoms with Gasteiger partial charge in [-0.25, -0.2) is 9.18 Å². The van der Waals surface area contributed by atoms with Gasteiger partial charge in [-0.15, -0.1) is 0 Å². The van der Waals surface area contributed by atoms with Crippen LogP contribution in [0.5, 0.6) is 0 Å². The van der Waals surface area contributed by atoms with Crippen LogP contribution in [0.4, 0.5) is 4.39 Å². The highest BCUT2D eigenvalue weighted by Gasteiger charge is 2.23. The predicted molar refractivity (Wildman–Crippen MR) is 69.7 cm³/mol. The first-order valence-corrected chi connectivity index (χ1v) is 6.49. The molecule has 0 radical (unpaired) electrons. The fourth-order valence-corrected chi connectivity index (χ4v) is 2.64. The Labute approximate surface area is 116 Å². The Hall–Kier alpha value is -1.53. The van der Waals surface area contributed by atoms with Crippen LogP contribution in [0.25, 0.3) is 10.9 Å². The van der Waals surface area contributed by atoms with Gasteiger partial charge in [-0.05, 0) is 22.0 Å². The standard InChI is InChI=1S/C13H9BrFNO3/c14-8-3-6-11(4-9(8)15)16-10-1-2-19-5-7(10)12(6)13(17)18/h3-4H,1-2,5H2,(H,17,18). The zero-order valence-corrected chi connectivity index (χ0v) is 11.3. The fraction of sp³-hybridized carbons (Fsp3) is 0.231. The van der Waals surface area contributed by atoms with E-state index in [9.17, 15) is 14.3 Å². The van der Waals surface area contributed by atoms with Crippen LogP contribution in [0.1, 0.15) is 21.6 Å². The van der Waals surface area contributed by atoms with Crippen molar-refractivity contribution in [2.24, 2.45) is 0 Å². The average molecular weight is 326 g/mol. The first-order valence-electron chi connectivity index (χ1n) is 5.69. The number of hydrogen-bond donors (Lipinski definition) is 1. The van der Waals surface area contributed by atoms with E-state index >= 15 is 0 Å². The molecule has 19 heavy (non-hydrogen) atoms. The molecule has 0 atom stereocenters. The summed E-state index contributed by atoms with van der Waals surface area (Å²) in [4.78, 5) is 15.8. The summed E-state index contributed by atoms with van der Waals surface area (Å²) in [5, 5.41) is 9.83. The molecule has 0 bridgehead atoms. The SMILES string of the molecule is O=C(O)c1c2c(nc3cc(F)c(Br)cc13)CCOC2. The molecular weight excluding hydrogens is 317 g/mol. The summed E-state index contributed by atoms with van der Waals surface area (Å²) in [5.41, 5.74) is 1.78. The second kappa shape index (κ2) is 4.54. The maximum absolute atomic E-state index is 13.6. The molecule has 0 unspecified atom stereocenters. The maximum Gasteiger partial charge on any atom is 0.336 e. The largest absolute Gasteiger partial charge is 0.478 e. The summed E-state index contributed by atoms with van der Waals surface area (Å²) in [6.07, 6.45) is 0.545. The molecule has 2 aromatic rings. The Morgan fingerprint density at radius 3 is 3.00 bits per heavy atom. The summed E-state index contributed by atoms with van der Waals surface area (Å²) in [5.74, 6) is -1.50. The van der Waals surface area contributed by atoms with Gasteiger partial charge in [0.1, 0.15) is 5.82 Å². The van der Waals surface area contributed by atoms with E-state index in [0.29, 0.717) is 35.2 Å². The van der Waals surface area contributed by atoms with Crippen molar-refractivity contribution in [1.82, 2.24) is 4.98 Å². The van der Waals surface area contributed by atoms with E-state index in [4.69, 9.17) is 4.74 Å². The van der Waals surface area contributed by atoms with Crippen molar-refractivity contribution in [3.05, 3.63) is 39.2 Å². The minimum atomic E-state index is -1.05. The van der Waals surface area contributed by atoms with Crippen LogP contribution >= 0.6 is 15.9 Å². The van der Waals surface area contributed by atoms with Gasteiger partial charge in [0.15, 0.2) is 0 Å². The number of carbonyl (C=O) groups is 1. The molecule has 2 heterocycles. The third-order valence-corrected chi connectivity index (χ3v) is 3.76. The zero-order valence-electron chi connectivity index (χ0n) is 9.74. The van der Waals surface area contributed by atoms with E-state index in [1.54, 1.807) is 0 Å². The minimum absolute atomic E-state index is 0.153. The van der Waals surface area contributed by atoms with Crippen LogP contribution in [0.3, 0.4) is 0 Å². The molecule has 0 saturated heterocycles. The molecule has 6 heteroatoms. The van der Waals surface area contributed by atoms with Crippen LogP contribution < -0.4 is 0 Å². The van der Waals surface area contributed by atoms with E-state index in [0.717, 1.165) is 0 Å². The Kier molecular flexibility index (Phi) is 2.99. The summed E-state index contributed by atoms with van der Waals surface area (Å²) < 4.78 is 19.1. The predicted octanol–water partition coefficient (Wildman–Crippen LogP) is 2.91. The first kappa shape index (κ1) is 12.5. The molecule has 1 aliphatic heterocycles. The van der Waals surface area contributed by atoms with E-state index in [1.807, 2.05) is 0 Å². The topological polar surface area (TPSA) is 59.4 Å². The van der Waals surface area contributed by atoms with Crippen molar-refractivity contribution < 1.29 is 19.0 Å². The number of ether oxygens (including phenoxy) is 1. The minimum Gasteiger partial charge on any atom is -0.478 e. The van der Waals surface area contributed by atoms with Gasteiger partial charge in [-0.1, -0.05) is 0 Å². The van der Waals surface area contributed by atoms with Gasteiger partial charge in [0.05, 0.1) is 28.8 Å². The molecule has 0 saturated carbocycles. The van der Waals surface area contributed by atoms with Gasteiger partial charge >= 0.3 is 5.97 Å². The number of rotatable bonds is 1. The molecule has 1 aromatic heterocycles. The lowest BCUT2D eigenvalue weighted by molar-refractivity contribution is 0.0683. The molecule has 1 aliphatic rings. The van der Waals surface area contributed by atoms with Crippen molar-refractivity contribution in [2.75, 3.05) is 6.61 Å². The van der Waals surface area contributed by atoms with Crippen LogP contribution in [0.15, 0.2) is 16.6 Å². The number of hydrogen-bond acceptors (Lipinski definition) is 3. The third kappa shape index (κ3) is 2.01. The molecule has 1 N–H and O–H groups in total. The van der Waals surface area contributed by atoms with Gasteiger partial charge < -0.3 is 9.84 Å². The molecule has 0 aliphatic carbocycles. The Balaban J connectivity index is 2.42. The molecule has 0 spiro atoms. The summed E-state index contributed by atoms with van der Waals surface area (Å²) in [6.45, 7) is 0.735. The first-order chi connectivity index (χ1) is 9.08. The quantitative estimate of drug-likeness (QED) is 0.875. The number of aromatic nitrogens is 1. The molecule has 0 amide bonds. The number of pyridine rings is 1. The normalized spacial score (nSPS) is 14.4. The number of nitrogens with zero attached hydrogens (tertiary/aromatic N) is 1. The number of carboxylic acids is 1. The van der Waals surface area contributed by atoms with Gasteiger partial charge in [0.2, 0.25) is 0 Å². The van der Waals surface area contributed by atoms with Crippen molar-refractivity contribution in [1.29, 1.82) is 0 Å². The molecule has 4 nitrogen and oxygen atoms in total. The van der Waals surface area contributed by atoms with Gasteiger partial charge in [-0.2, -0.15) is 0 Å². The van der Waals surface area contributed by atoms with Gasteiger partial charge in [0, 0.05) is 29.1 Å². The van der Waals surface area contributed by atoms with E-state index in [-0.39, 0.29) is 16.6 Å². The van der Waals surface area contributed by atoms with Crippen molar-refractivity contribution >= 4 is 32.8 Å². The molecule has 3 rings (SSSR count). The van der Waals surface area contributed by atoms with E-state index < -0.39 is 11.8 Å². The van der Waals surface area contributed by atoms with Crippen LogP contribution in [-0.4, -0.2) is 22.7 Å². The Morgan fingerprint density at radius 1 is 1.47 bits per heavy atom. The zero-order chi connectivity index (χ0) is 13.6. The second-order valence-electron chi connectivity index (χ2n) is 4.30. The summed E-state index contributed by atoms with van der Waals surface area (Å²) in [7, 11) is 0. The van der Waals surface area contributed by atoms with Crippen molar-refractivity contribution in [3.63, 3.8) is 0 Å². The monoisotopic (exact) mass is 325 g/mol. The average Bonchev–Trinajstić information content (AvgIpc) is 2.37. The smallest absolute Gasteiger partial charge is 0.336 e. The van der Waals surface area contributed by atoms with Crippen molar-refractivity contribution in [3.8, 4) is 0 Å². The van der Waals surface area contributed by atoms with Crippen molar-refractivity contribution in [2.45, 2.75) is 13.0 Å². The highest BCUT2D eigenvalue weighted by Crippen LogP contribution is 2.30. The van der Waals surface area contributed by atoms with E-state index in [1.165, 1.54) is 12.1 Å². The Bertz CT molecular complexity index is 702. The van der Waals surface area contributed by atoms with Crippen LogP contribution in [0, 0.1) is 5.82 Å². The molecular formula is C13H9BrFNO3. The Morgan fingerprint density at radius 2 is 2.26 bits per heavy atom. The second-order valence-corrected chi connectivity index (χ2v) is 5.16. The van der Waals surface area contributed by atoms with Gasteiger partial charge in [0.25, 0.3) is 0 Å². The maximum atomic E-state index is 13.6. The molecule has 0 fully saturated rings. The number of aromatic carboxylic acids is 1. The molecule has 98 valence electrons. The lowest BCUT2D eigenvalue weighted by Gasteiger charge is -2.19. The molecule has 1 aromatic carbocycles. The van der Waals surface area contributed by atoms with Gasteiger partial charge in [-0.3, -0.25) is 4.98 Å². The fourth-order valence-electron chi connectivity index (χ4n) is 2.30. The number of carboxylic acid groups (broad SMARTS) is 1. The summed E-state index contributed by atoms with van der Waals surface area (Å²) in [6, 6.07) is 2.71.